The fourth-order valence-electron chi connectivity index (χ4n) is 8.00. The van der Waals surface area contributed by atoms with Crippen LogP contribution in [0.2, 0.25) is 0 Å². The van der Waals surface area contributed by atoms with Gasteiger partial charge in [-0.2, -0.15) is 0 Å². The molecule has 2 saturated heterocycles. The molecule has 5 heterocycles. The molecule has 5 atom stereocenters. The van der Waals surface area contributed by atoms with E-state index in [0.717, 1.165) is 81.1 Å². The zero-order valence-corrected chi connectivity index (χ0v) is 34.3. The Balaban J connectivity index is 1.08. The van der Waals surface area contributed by atoms with Gasteiger partial charge >= 0.3 is 6.09 Å². The minimum absolute atomic E-state index is 0.0465. The van der Waals surface area contributed by atoms with Crippen LogP contribution in [0.5, 0.6) is 0 Å². The highest BCUT2D eigenvalue weighted by Gasteiger charge is 2.38. The van der Waals surface area contributed by atoms with Crippen molar-refractivity contribution >= 4 is 54.2 Å². The maximum atomic E-state index is 13.6. The number of rotatable bonds is 11. The van der Waals surface area contributed by atoms with E-state index >= 15 is 0 Å². The van der Waals surface area contributed by atoms with Crippen molar-refractivity contribution in [2.45, 2.75) is 77.5 Å². The Morgan fingerprint density at radius 3 is 1.88 bits per heavy atom. The van der Waals surface area contributed by atoms with E-state index in [0.29, 0.717) is 13.1 Å². The summed E-state index contributed by atoms with van der Waals surface area (Å²) < 4.78 is 5.93. The number of imidazole rings is 2. The van der Waals surface area contributed by atoms with E-state index in [1.807, 2.05) is 49.9 Å². The van der Waals surface area contributed by atoms with Crippen molar-refractivity contribution in [2.24, 2.45) is 11.8 Å². The van der Waals surface area contributed by atoms with Gasteiger partial charge in [0.05, 0.1) is 43.0 Å². The normalized spacial score (nSPS) is 18.1. The molecule has 0 saturated carbocycles. The van der Waals surface area contributed by atoms with E-state index in [2.05, 4.69) is 77.7 Å². The number of nitrogens with zero attached hydrogens (tertiary/aromatic N) is 4. The number of hydrogen-bond donors (Lipinski definition) is 4. The molecular weight excluding hydrogens is 748 g/mol. The lowest BCUT2D eigenvalue weighted by Crippen LogP contribution is -2.51. The first kappa shape index (κ1) is 39.2. The van der Waals surface area contributed by atoms with Crippen LogP contribution < -0.4 is 10.6 Å². The van der Waals surface area contributed by atoms with Crippen LogP contribution in [-0.2, 0) is 14.3 Å². The molecule has 56 heavy (non-hydrogen) atoms. The van der Waals surface area contributed by atoms with Crippen molar-refractivity contribution < 1.29 is 23.9 Å². The zero-order chi connectivity index (χ0) is 39.7. The highest BCUT2D eigenvalue weighted by atomic mass is 32.1. The second-order valence-corrected chi connectivity index (χ2v) is 16.7. The summed E-state index contributed by atoms with van der Waals surface area (Å²) in [4.78, 5) is 71.1. The van der Waals surface area contributed by atoms with Gasteiger partial charge in [0.1, 0.15) is 23.7 Å². The smallest absolute Gasteiger partial charge is 0.407 e. The minimum atomic E-state index is -0.689. The van der Waals surface area contributed by atoms with Crippen LogP contribution in [0.3, 0.4) is 0 Å². The molecular formula is C41H49N8O5PS. The van der Waals surface area contributed by atoms with Gasteiger partial charge in [0.25, 0.3) is 0 Å². The summed E-state index contributed by atoms with van der Waals surface area (Å²) in [6, 6.07) is 13.1. The molecule has 7 rings (SSSR count). The summed E-state index contributed by atoms with van der Waals surface area (Å²) >= 11 is 1.69. The Morgan fingerprint density at radius 1 is 0.768 bits per heavy atom. The Bertz CT molecular complexity index is 2230. The number of hydrogen-bond acceptors (Lipinski definition) is 8. The molecule has 5 aromatic rings. The van der Waals surface area contributed by atoms with E-state index in [4.69, 9.17) is 14.7 Å². The third-order valence-electron chi connectivity index (χ3n) is 10.9. The quantitative estimate of drug-likeness (QED) is 0.0997. The van der Waals surface area contributed by atoms with Crippen LogP contribution in [0.1, 0.15) is 77.1 Å². The number of alkyl carbamates (subject to hydrolysis) is 1. The first-order chi connectivity index (χ1) is 26.9. The summed E-state index contributed by atoms with van der Waals surface area (Å²) in [5.41, 5.74) is 5.68. The van der Waals surface area contributed by atoms with Crippen molar-refractivity contribution in [2.75, 3.05) is 20.2 Å². The number of aromatic nitrogens is 4. The van der Waals surface area contributed by atoms with Crippen molar-refractivity contribution in [1.29, 1.82) is 0 Å². The summed E-state index contributed by atoms with van der Waals surface area (Å²) in [5.74, 6) is 1.10. The molecule has 2 fully saturated rings. The van der Waals surface area contributed by atoms with Gasteiger partial charge in [-0.05, 0) is 74.9 Å². The number of aromatic amines is 2. The van der Waals surface area contributed by atoms with Crippen molar-refractivity contribution in [3.63, 3.8) is 0 Å². The zero-order valence-electron chi connectivity index (χ0n) is 32.3. The van der Waals surface area contributed by atoms with Crippen molar-refractivity contribution in [3.05, 3.63) is 71.9 Å². The first-order valence-electron chi connectivity index (χ1n) is 19.2. The van der Waals surface area contributed by atoms with Gasteiger partial charge < -0.3 is 35.1 Å². The predicted octanol–water partition coefficient (Wildman–Crippen LogP) is 7.67. The molecule has 0 radical (unpaired) electrons. The van der Waals surface area contributed by atoms with E-state index in [1.165, 1.54) is 7.11 Å². The molecule has 0 aliphatic carbocycles. The van der Waals surface area contributed by atoms with Gasteiger partial charge in [0, 0.05) is 28.7 Å². The lowest BCUT2D eigenvalue weighted by Gasteiger charge is -2.30. The number of nitrogens with one attached hydrogen (secondary N) is 4. The molecule has 294 valence electrons. The Hall–Kier alpha value is -5.07. The Morgan fingerprint density at radius 2 is 1.30 bits per heavy atom. The molecule has 4 amide bonds. The molecule has 0 spiro atoms. The number of likely N-dealkylation sites (tertiary alicyclic amines) is 2. The van der Waals surface area contributed by atoms with Gasteiger partial charge in [0.2, 0.25) is 17.5 Å². The monoisotopic (exact) mass is 796 g/mol. The molecule has 5 unspecified atom stereocenters. The number of carbonyl (C=O) groups is 4. The average molecular weight is 797 g/mol. The topological polar surface area (TPSA) is 165 Å². The molecule has 2 aromatic carbocycles. The van der Waals surface area contributed by atoms with Crippen LogP contribution in [-0.4, -0.2) is 85.6 Å². The van der Waals surface area contributed by atoms with E-state index in [9.17, 15) is 19.2 Å². The number of benzene rings is 2. The van der Waals surface area contributed by atoms with Gasteiger partial charge in [0.15, 0.2) is 0 Å². The molecule has 4 N–H and O–H groups in total. The minimum Gasteiger partial charge on any atom is -0.453 e. The van der Waals surface area contributed by atoms with Crippen LogP contribution in [0.4, 0.5) is 9.59 Å². The lowest BCUT2D eigenvalue weighted by molar-refractivity contribution is -0.136. The maximum Gasteiger partial charge on any atom is 0.407 e. The van der Waals surface area contributed by atoms with Gasteiger partial charge in [-0.25, -0.2) is 14.8 Å². The molecule has 2 aliphatic rings. The standard InChI is InChI=1S/C41H49N8O5PS/c1-22(2)33(46-40(52)54-5)38(50)48-17-6-8-31(48)36-42-20-29(44-36)25-12-10-24(11-13-25)26-14-15-27(28-16-19-56-35(26)28)30-21-43-37(45-30)32-9-7-18-49(32)39(51)34(23(3)4)47-41(53)55/h10-16,19-23,31-34H,6-9,17-18,55H2,1-5H3,(H,42,44)(H,43,45)(H,46,52)(H,47,53). The number of fused-ring (bicyclic) bond motifs is 1. The average Bonchev–Trinajstić information content (AvgIpc) is 4.03. The van der Waals surface area contributed by atoms with E-state index < -0.39 is 18.2 Å². The third-order valence-corrected chi connectivity index (χ3v) is 12.0. The number of carbonyl (C=O) groups excluding carboxylic acids is 4. The molecule has 0 bridgehead atoms. The van der Waals surface area contributed by atoms with Crippen LogP contribution in [0, 0.1) is 11.8 Å². The molecule has 15 heteroatoms. The predicted molar refractivity (Wildman–Crippen MR) is 221 cm³/mol. The Kier molecular flexibility index (Phi) is 11.6. The van der Waals surface area contributed by atoms with Crippen molar-refractivity contribution in [1.82, 2.24) is 40.4 Å². The molecule has 13 nitrogen and oxygen atoms in total. The Labute approximate surface area is 332 Å². The lowest BCUT2D eigenvalue weighted by atomic mass is 9.98. The second kappa shape index (κ2) is 16.6. The largest absolute Gasteiger partial charge is 0.453 e. The number of amides is 4. The fourth-order valence-corrected chi connectivity index (χ4v) is 9.14. The highest BCUT2D eigenvalue weighted by molar-refractivity contribution is 7.39. The van der Waals surface area contributed by atoms with Gasteiger partial charge in [-0.15, -0.1) is 11.3 Å². The van der Waals surface area contributed by atoms with Crippen LogP contribution >= 0.6 is 20.6 Å². The van der Waals surface area contributed by atoms with Gasteiger partial charge in [-0.1, -0.05) is 64.1 Å². The summed E-state index contributed by atoms with van der Waals surface area (Å²) in [6.45, 7) is 8.90. The van der Waals surface area contributed by atoms with E-state index in [1.54, 1.807) is 11.3 Å². The highest BCUT2D eigenvalue weighted by Crippen LogP contribution is 2.40. The number of H-pyrrole nitrogens is 2. The summed E-state index contributed by atoms with van der Waals surface area (Å²) in [7, 11) is 3.39. The first-order valence-corrected chi connectivity index (χ1v) is 20.6. The van der Waals surface area contributed by atoms with E-state index in [-0.39, 0.29) is 41.4 Å². The number of methoxy groups -OCH3 is 1. The number of ether oxygens (including phenoxy) is 1. The third kappa shape index (κ3) is 7.82. The number of thiophene rings is 1. The van der Waals surface area contributed by atoms with Crippen LogP contribution in [0.25, 0.3) is 43.7 Å². The van der Waals surface area contributed by atoms with Gasteiger partial charge in [-0.3, -0.25) is 14.4 Å². The fraction of sp³-hybridized carbons (Fsp3) is 0.415. The van der Waals surface area contributed by atoms with Crippen molar-refractivity contribution in [3.8, 4) is 33.6 Å². The maximum absolute atomic E-state index is 13.6. The second-order valence-electron chi connectivity index (χ2n) is 15.2. The molecule has 2 aliphatic heterocycles. The summed E-state index contributed by atoms with van der Waals surface area (Å²) in [6.07, 6.45) is 6.34. The summed E-state index contributed by atoms with van der Waals surface area (Å²) in [5, 5.41) is 8.73. The molecule has 3 aromatic heterocycles. The SMILES string of the molecule is COC(=O)NC(C(=O)N1CCCC1c1ncc(-c2ccc(-c3ccc(-c4cnc(C5CCCN5C(=O)C(NC(=O)P)C(C)C)[nH]4)c4ccsc34)cc2)[nH]1)C(C)C. The van der Waals surface area contributed by atoms with Crippen LogP contribution in [0.15, 0.2) is 60.2 Å².